The quantitative estimate of drug-likeness (QED) is 0.161. The van der Waals surface area contributed by atoms with E-state index in [1.54, 1.807) is 20.4 Å². The van der Waals surface area contributed by atoms with Crippen molar-refractivity contribution in [2.24, 2.45) is 11.3 Å². The SMILES string of the molecule is COc1nc(-c2cccc(-c3cccc(-c4cc(C)c(CN5CC(C(=O)O)C6(CCOC6)C5)c(OC)n4)c3Cl)c2Cl)cnc1CNC[C@@H]1CCC(=O)N1. The van der Waals surface area contributed by atoms with Crippen molar-refractivity contribution >= 4 is 35.1 Å². The number of ether oxygens (including phenoxy) is 3. The standard InChI is InChI=1S/C39H42Cl2N6O6/c1-22-14-30(45-36(51-2)28(22)18-47-19-29(38(49)50)39(20-47)12-13-53-21-39)26-8-4-6-24(34(26)40)25-7-5-9-27(35(25)41)31-17-43-32(37(46-31)52-3)16-42-15-23-10-11-33(48)44-23/h4-9,14,17,23,29,42H,10-13,15-16,18-21H2,1-3H3,(H,44,48)(H,49,50)/t23-,29?,39?/m0/s1. The average molecular weight is 762 g/mol. The number of likely N-dealkylation sites (tertiary alicyclic amines) is 1. The molecule has 3 atom stereocenters. The van der Waals surface area contributed by atoms with Crippen molar-refractivity contribution in [2.45, 2.75) is 45.3 Å². The maximum absolute atomic E-state index is 12.2. The number of benzene rings is 2. The van der Waals surface area contributed by atoms with E-state index < -0.39 is 11.9 Å². The number of nitrogens with zero attached hydrogens (tertiary/aromatic N) is 4. The lowest BCUT2D eigenvalue weighted by atomic mass is 9.77. The van der Waals surface area contributed by atoms with Crippen molar-refractivity contribution in [1.29, 1.82) is 0 Å². The van der Waals surface area contributed by atoms with Gasteiger partial charge in [-0.2, -0.15) is 0 Å². The summed E-state index contributed by atoms with van der Waals surface area (Å²) in [5.41, 5.74) is 6.14. The zero-order valence-corrected chi connectivity index (χ0v) is 31.4. The molecule has 2 aromatic carbocycles. The molecule has 0 radical (unpaired) electrons. The summed E-state index contributed by atoms with van der Waals surface area (Å²) < 4.78 is 17.1. The Hall–Kier alpha value is -4.33. The molecule has 278 valence electrons. The van der Waals surface area contributed by atoms with Crippen LogP contribution in [-0.4, -0.2) is 89.9 Å². The van der Waals surface area contributed by atoms with E-state index in [1.807, 2.05) is 49.4 Å². The third kappa shape index (κ3) is 7.43. The molecular weight excluding hydrogens is 719 g/mol. The van der Waals surface area contributed by atoms with Gasteiger partial charge in [0.05, 0.1) is 54.4 Å². The Balaban J connectivity index is 1.13. The maximum Gasteiger partial charge on any atom is 0.308 e. The average Bonchev–Trinajstić information content (AvgIpc) is 3.89. The molecule has 14 heteroatoms. The van der Waals surface area contributed by atoms with Gasteiger partial charge >= 0.3 is 5.97 Å². The molecule has 1 spiro atoms. The van der Waals surface area contributed by atoms with Gasteiger partial charge in [0.1, 0.15) is 5.69 Å². The summed E-state index contributed by atoms with van der Waals surface area (Å²) in [5.74, 6) is -0.340. The van der Waals surface area contributed by atoms with Crippen molar-refractivity contribution in [3.63, 3.8) is 0 Å². The van der Waals surface area contributed by atoms with Gasteiger partial charge in [0.2, 0.25) is 17.7 Å². The first-order valence-corrected chi connectivity index (χ1v) is 18.4. The minimum atomic E-state index is -0.780. The van der Waals surface area contributed by atoms with Crippen LogP contribution in [0.25, 0.3) is 33.6 Å². The molecule has 1 amide bonds. The molecule has 3 N–H and O–H groups in total. The smallest absolute Gasteiger partial charge is 0.308 e. The summed E-state index contributed by atoms with van der Waals surface area (Å²) >= 11 is 14.3. The van der Waals surface area contributed by atoms with E-state index in [0.29, 0.717) is 108 Å². The lowest BCUT2D eigenvalue weighted by Crippen LogP contribution is -2.35. The molecule has 12 nitrogen and oxygen atoms in total. The molecule has 53 heavy (non-hydrogen) atoms. The summed E-state index contributed by atoms with van der Waals surface area (Å²) in [4.78, 5) is 40.2. The number of amides is 1. The second-order valence-electron chi connectivity index (χ2n) is 14.0. The highest BCUT2D eigenvalue weighted by Crippen LogP contribution is 2.45. The fourth-order valence-corrected chi connectivity index (χ4v) is 8.48. The van der Waals surface area contributed by atoms with Crippen molar-refractivity contribution in [3.05, 3.63) is 75.5 Å². The fraction of sp³-hybridized carbons (Fsp3) is 0.410. The number of hydrogen-bond donors (Lipinski definition) is 3. The fourth-order valence-electron chi connectivity index (χ4n) is 7.83. The first-order valence-electron chi connectivity index (χ1n) is 17.7. The number of carboxylic acids is 1. The van der Waals surface area contributed by atoms with Gasteiger partial charge in [0.15, 0.2) is 0 Å². The largest absolute Gasteiger partial charge is 0.481 e. The number of pyridine rings is 1. The monoisotopic (exact) mass is 760 g/mol. The first-order chi connectivity index (χ1) is 25.6. The van der Waals surface area contributed by atoms with Crippen molar-refractivity contribution in [2.75, 3.05) is 47.1 Å². The van der Waals surface area contributed by atoms with E-state index in [1.165, 1.54) is 0 Å². The first kappa shape index (κ1) is 37.0. The molecule has 3 fully saturated rings. The molecule has 3 aliphatic rings. The number of aryl methyl sites for hydroxylation is 1. The van der Waals surface area contributed by atoms with E-state index in [-0.39, 0.29) is 17.4 Å². The van der Waals surface area contributed by atoms with Crippen LogP contribution >= 0.6 is 23.2 Å². The van der Waals surface area contributed by atoms with Crippen LogP contribution < -0.4 is 20.1 Å². The Bertz CT molecular complexity index is 2040. The van der Waals surface area contributed by atoms with Gasteiger partial charge < -0.3 is 30.0 Å². The van der Waals surface area contributed by atoms with Crippen LogP contribution in [-0.2, 0) is 27.4 Å². The van der Waals surface area contributed by atoms with Crippen LogP contribution in [0.3, 0.4) is 0 Å². The number of halogens is 2. The van der Waals surface area contributed by atoms with E-state index in [4.69, 9.17) is 47.4 Å². The van der Waals surface area contributed by atoms with E-state index in [2.05, 4.69) is 20.5 Å². The highest BCUT2D eigenvalue weighted by atomic mass is 35.5. The summed E-state index contributed by atoms with van der Waals surface area (Å²) in [5, 5.41) is 17.2. The number of methoxy groups -OCH3 is 2. The zero-order chi connectivity index (χ0) is 37.3. The third-order valence-corrected chi connectivity index (χ3v) is 11.5. The van der Waals surface area contributed by atoms with Crippen molar-refractivity contribution in [1.82, 2.24) is 30.5 Å². The molecule has 2 aromatic heterocycles. The number of carbonyl (C=O) groups is 2. The predicted molar refractivity (Wildman–Crippen MR) is 201 cm³/mol. The molecule has 0 saturated carbocycles. The minimum absolute atomic E-state index is 0.0767. The van der Waals surface area contributed by atoms with Gasteiger partial charge in [-0.25, -0.2) is 9.97 Å². The lowest BCUT2D eigenvalue weighted by Gasteiger charge is -2.25. The topological polar surface area (TPSA) is 148 Å². The Labute approximate surface area is 318 Å². The van der Waals surface area contributed by atoms with Gasteiger partial charge in [-0.1, -0.05) is 59.6 Å². The molecule has 7 rings (SSSR count). The number of carbonyl (C=O) groups excluding carboxylic acids is 1. The second kappa shape index (κ2) is 15.6. The van der Waals surface area contributed by atoms with Crippen LogP contribution in [0.2, 0.25) is 10.0 Å². The second-order valence-corrected chi connectivity index (χ2v) is 14.8. The number of carboxylic acid groups (broad SMARTS) is 1. The Morgan fingerprint density at radius 2 is 1.74 bits per heavy atom. The van der Waals surface area contributed by atoms with Crippen LogP contribution in [0.4, 0.5) is 0 Å². The lowest BCUT2D eigenvalue weighted by molar-refractivity contribution is -0.144. The summed E-state index contributed by atoms with van der Waals surface area (Å²) in [6, 6.07) is 13.5. The number of nitrogens with one attached hydrogen (secondary N) is 2. The van der Waals surface area contributed by atoms with Crippen LogP contribution in [0, 0.1) is 18.3 Å². The van der Waals surface area contributed by atoms with Gasteiger partial charge in [-0.15, -0.1) is 0 Å². The van der Waals surface area contributed by atoms with E-state index in [9.17, 15) is 14.7 Å². The molecule has 0 bridgehead atoms. The number of aliphatic carboxylic acids is 1. The summed E-state index contributed by atoms with van der Waals surface area (Å²) in [6.45, 7) is 5.71. The maximum atomic E-state index is 12.2. The molecule has 0 aliphatic carbocycles. The zero-order valence-electron chi connectivity index (χ0n) is 29.9. The van der Waals surface area contributed by atoms with Crippen LogP contribution in [0.5, 0.6) is 11.8 Å². The van der Waals surface area contributed by atoms with Crippen molar-refractivity contribution < 1.29 is 28.9 Å². The molecule has 2 unspecified atom stereocenters. The Morgan fingerprint density at radius 3 is 2.36 bits per heavy atom. The minimum Gasteiger partial charge on any atom is -0.481 e. The van der Waals surface area contributed by atoms with Crippen LogP contribution in [0.15, 0.2) is 48.7 Å². The van der Waals surface area contributed by atoms with Crippen LogP contribution in [0.1, 0.15) is 36.1 Å². The molecule has 5 heterocycles. The highest BCUT2D eigenvalue weighted by Gasteiger charge is 2.52. The van der Waals surface area contributed by atoms with Crippen molar-refractivity contribution in [3.8, 4) is 45.4 Å². The molecule has 3 saturated heterocycles. The summed E-state index contributed by atoms with van der Waals surface area (Å²) in [7, 11) is 3.14. The number of rotatable bonds is 12. The third-order valence-electron chi connectivity index (χ3n) is 10.6. The Kier molecular flexibility index (Phi) is 10.9. The predicted octanol–water partition coefficient (Wildman–Crippen LogP) is 5.80. The van der Waals surface area contributed by atoms with E-state index in [0.717, 1.165) is 29.5 Å². The van der Waals surface area contributed by atoms with Gasteiger partial charge in [0, 0.05) is 85.0 Å². The molecule has 4 aromatic rings. The molecule has 3 aliphatic heterocycles. The number of aromatic nitrogens is 3. The van der Waals surface area contributed by atoms with Gasteiger partial charge in [-0.3, -0.25) is 19.5 Å². The van der Waals surface area contributed by atoms with Gasteiger partial charge in [-0.05, 0) is 31.4 Å². The van der Waals surface area contributed by atoms with E-state index >= 15 is 0 Å². The molecular formula is C39H42Cl2N6O6. The highest BCUT2D eigenvalue weighted by molar-refractivity contribution is 6.39. The Morgan fingerprint density at radius 1 is 1.06 bits per heavy atom. The van der Waals surface area contributed by atoms with Gasteiger partial charge in [0.25, 0.3) is 0 Å². The number of hydrogen-bond acceptors (Lipinski definition) is 10. The normalized spacial score (nSPS) is 21.3. The summed E-state index contributed by atoms with van der Waals surface area (Å²) in [6.07, 6.45) is 3.77.